The van der Waals surface area contributed by atoms with E-state index in [-0.39, 0.29) is 0 Å². The van der Waals surface area contributed by atoms with Crippen LogP contribution < -0.4 is 4.90 Å². The molecule has 0 amide bonds. The third kappa shape index (κ3) is 1.84. The maximum atomic E-state index is 6.09. The monoisotopic (exact) mass is 259 g/mol. The van der Waals surface area contributed by atoms with E-state index in [1.165, 1.54) is 0 Å². The van der Waals surface area contributed by atoms with Crippen molar-refractivity contribution in [3.63, 3.8) is 0 Å². The lowest BCUT2D eigenvalue weighted by Crippen LogP contribution is -2.45. The zero-order valence-corrected chi connectivity index (χ0v) is 9.77. The van der Waals surface area contributed by atoms with Crippen molar-refractivity contribution in [3.05, 3.63) is 27.7 Å². The van der Waals surface area contributed by atoms with Gasteiger partial charge < -0.3 is 4.90 Å². The van der Waals surface area contributed by atoms with Gasteiger partial charge in [-0.15, -0.1) is 0 Å². The highest BCUT2D eigenvalue weighted by Crippen LogP contribution is 2.33. The first-order valence-electron chi connectivity index (χ1n) is 4.37. The van der Waals surface area contributed by atoms with E-state index in [2.05, 4.69) is 33.8 Å². The minimum absolute atomic E-state index is 0.801. The van der Waals surface area contributed by atoms with Crippen molar-refractivity contribution >= 4 is 33.2 Å². The smallest absolute Gasteiger partial charge is 0.0640 e. The molecule has 1 aromatic rings. The zero-order valence-electron chi connectivity index (χ0n) is 7.43. The van der Waals surface area contributed by atoms with Crippen LogP contribution >= 0.6 is 27.5 Å². The van der Waals surface area contributed by atoms with Gasteiger partial charge in [0.15, 0.2) is 0 Å². The molecular formula is C10H11BrClN. The minimum Gasteiger partial charge on any atom is -0.370 e. The van der Waals surface area contributed by atoms with Crippen molar-refractivity contribution < 1.29 is 0 Å². The standard InChI is InChI=1S/C10H11BrClN/c1-7-5-13(6-7)10-4-8(11)2-3-9(10)12/h2-4,7H,5-6H2,1H3. The van der Waals surface area contributed by atoms with Crippen LogP contribution in [0.3, 0.4) is 0 Å². The van der Waals surface area contributed by atoms with Crippen LogP contribution in [0.25, 0.3) is 0 Å². The third-order valence-electron chi connectivity index (χ3n) is 2.31. The van der Waals surface area contributed by atoms with E-state index >= 15 is 0 Å². The van der Waals surface area contributed by atoms with Crippen LogP contribution in [-0.2, 0) is 0 Å². The molecule has 70 valence electrons. The molecule has 0 N–H and O–H groups in total. The zero-order chi connectivity index (χ0) is 9.42. The Bertz CT molecular complexity index is 321. The predicted octanol–water partition coefficient (Wildman–Crippen LogP) is 3.56. The summed E-state index contributed by atoms with van der Waals surface area (Å²) in [6.45, 7) is 4.49. The molecule has 0 aliphatic carbocycles. The van der Waals surface area contributed by atoms with Crippen molar-refractivity contribution in [3.8, 4) is 0 Å². The minimum atomic E-state index is 0.801. The number of anilines is 1. The number of hydrogen-bond donors (Lipinski definition) is 0. The fraction of sp³-hybridized carbons (Fsp3) is 0.400. The molecule has 0 atom stereocenters. The Morgan fingerprint density at radius 3 is 2.77 bits per heavy atom. The molecular weight excluding hydrogens is 249 g/mol. The van der Waals surface area contributed by atoms with Crippen molar-refractivity contribution in [2.45, 2.75) is 6.92 Å². The second-order valence-electron chi connectivity index (χ2n) is 3.61. The Morgan fingerprint density at radius 1 is 1.46 bits per heavy atom. The number of hydrogen-bond acceptors (Lipinski definition) is 1. The third-order valence-corrected chi connectivity index (χ3v) is 3.13. The van der Waals surface area contributed by atoms with Crippen molar-refractivity contribution in [2.75, 3.05) is 18.0 Å². The molecule has 1 aliphatic heterocycles. The molecule has 0 aromatic heterocycles. The Hall–Kier alpha value is -0.210. The topological polar surface area (TPSA) is 3.24 Å². The highest BCUT2D eigenvalue weighted by Gasteiger charge is 2.24. The summed E-state index contributed by atoms with van der Waals surface area (Å²) >= 11 is 9.54. The van der Waals surface area contributed by atoms with Gasteiger partial charge in [-0.25, -0.2) is 0 Å². The second kappa shape index (κ2) is 3.50. The van der Waals surface area contributed by atoms with Crippen LogP contribution in [0.4, 0.5) is 5.69 Å². The van der Waals surface area contributed by atoms with E-state index < -0.39 is 0 Å². The Balaban J connectivity index is 2.24. The summed E-state index contributed by atoms with van der Waals surface area (Å²) in [4.78, 5) is 2.30. The summed E-state index contributed by atoms with van der Waals surface area (Å²) in [6, 6.07) is 5.98. The van der Waals surface area contributed by atoms with E-state index in [0.29, 0.717) is 0 Å². The predicted molar refractivity (Wildman–Crippen MR) is 60.5 cm³/mol. The maximum Gasteiger partial charge on any atom is 0.0640 e. The molecule has 0 spiro atoms. The van der Waals surface area contributed by atoms with Crippen LogP contribution in [0, 0.1) is 5.92 Å². The van der Waals surface area contributed by atoms with E-state index in [4.69, 9.17) is 11.6 Å². The molecule has 0 unspecified atom stereocenters. The maximum absolute atomic E-state index is 6.09. The molecule has 1 saturated heterocycles. The molecule has 0 bridgehead atoms. The fourth-order valence-corrected chi connectivity index (χ4v) is 2.21. The van der Waals surface area contributed by atoms with Gasteiger partial charge in [-0.1, -0.05) is 34.5 Å². The lowest BCUT2D eigenvalue weighted by molar-refractivity contribution is 0.447. The summed E-state index contributed by atoms with van der Waals surface area (Å²) < 4.78 is 1.09. The summed E-state index contributed by atoms with van der Waals surface area (Å²) in [5.74, 6) is 0.801. The van der Waals surface area contributed by atoms with Gasteiger partial charge in [-0.3, -0.25) is 0 Å². The van der Waals surface area contributed by atoms with E-state index in [0.717, 1.165) is 34.2 Å². The van der Waals surface area contributed by atoms with Gasteiger partial charge in [0.05, 0.1) is 10.7 Å². The summed E-state index contributed by atoms with van der Waals surface area (Å²) in [7, 11) is 0. The van der Waals surface area contributed by atoms with E-state index in [1.54, 1.807) is 0 Å². The van der Waals surface area contributed by atoms with Gasteiger partial charge in [0.2, 0.25) is 0 Å². The normalized spacial score (nSPS) is 17.3. The average Bonchev–Trinajstić information content (AvgIpc) is 2.04. The summed E-state index contributed by atoms with van der Waals surface area (Å²) in [6.07, 6.45) is 0. The second-order valence-corrected chi connectivity index (χ2v) is 4.93. The van der Waals surface area contributed by atoms with Gasteiger partial charge in [0.1, 0.15) is 0 Å². The number of halogens is 2. The van der Waals surface area contributed by atoms with Gasteiger partial charge in [0.25, 0.3) is 0 Å². The first-order chi connectivity index (χ1) is 6.16. The summed E-state index contributed by atoms with van der Waals surface area (Å²) in [5, 5.41) is 0.843. The first kappa shape index (κ1) is 9.35. The average molecular weight is 261 g/mol. The number of rotatable bonds is 1. The lowest BCUT2D eigenvalue weighted by atomic mass is 10.0. The molecule has 2 rings (SSSR count). The summed E-state index contributed by atoms with van der Waals surface area (Å²) in [5.41, 5.74) is 1.15. The lowest BCUT2D eigenvalue weighted by Gasteiger charge is -2.39. The van der Waals surface area contributed by atoms with Crippen LogP contribution in [-0.4, -0.2) is 13.1 Å². The van der Waals surface area contributed by atoms with Crippen LogP contribution in [0.1, 0.15) is 6.92 Å². The van der Waals surface area contributed by atoms with Crippen LogP contribution in [0.5, 0.6) is 0 Å². The molecule has 1 aliphatic rings. The number of benzene rings is 1. The largest absolute Gasteiger partial charge is 0.370 e. The molecule has 1 nitrogen and oxygen atoms in total. The molecule has 0 saturated carbocycles. The fourth-order valence-electron chi connectivity index (χ4n) is 1.62. The molecule has 13 heavy (non-hydrogen) atoms. The molecule has 1 aromatic carbocycles. The quantitative estimate of drug-likeness (QED) is 0.746. The van der Waals surface area contributed by atoms with Gasteiger partial charge in [-0.05, 0) is 24.1 Å². The van der Waals surface area contributed by atoms with Crippen molar-refractivity contribution in [1.82, 2.24) is 0 Å². The van der Waals surface area contributed by atoms with Crippen LogP contribution in [0.2, 0.25) is 5.02 Å². The molecule has 0 radical (unpaired) electrons. The van der Waals surface area contributed by atoms with Gasteiger partial charge >= 0.3 is 0 Å². The highest BCUT2D eigenvalue weighted by molar-refractivity contribution is 9.10. The SMILES string of the molecule is CC1CN(c2cc(Br)ccc2Cl)C1. The Kier molecular flexibility index (Phi) is 2.52. The van der Waals surface area contributed by atoms with Gasteiger partial charge in [0, 0.05) is 17.6 Å². The van der Waals surface area contributed by atoms with E-state index in [9.17, 15) is 0 Å². The highest BCUT2D eigenvalue weighted by atomic mass is 79.9. The van der Waals surface area contributed by atoms with E-state index in [1.807, 2.05) is 12.1 Å². The Morgan fingerprint density at radius 2 is 2.15 bits per heavy atom. The van der Waals surface area contributed by atoms with Crippen molar-refractivity contribution in [2.24, 2.45) is 5.92 Å². The molecule has 1 fully saturated rings. The molecule has 1 heterocycles. The van der Waals surface area contributed by atoms with Gasteiger partial charge in [-0.2, -0.15) is 0 Å². The molecule has 3 heteroatoms. The number of nitrogens with zero attached hydrogens (tertiary/aromatic N) is 1. The first-order valence-corrected chi connectivity index (χ1v) is 5.54. The van der Waals surface area contributed by atoms with Crippen LogP contribution in [0.15, 0.2) is 22.7 Å². The Labute approximate surface area is 91.8 Å². The van der Waals surface area contributed by atoms with Crippen molar-refractivity contribution in [1.29, 1.82) is 0 Å².